The van der Waals surface area contributed by atoms with Gasteiger partial charge in [0.25, 0.3) is 0 Å². The zero-order valence-electron chi connectivity index (χ0n) is 20.9. The van der Waals surface area contributed by atoms with Crippen LogP contribution in [-0.4, -0.2) is 4.98 Å². The molecule has 35 heavy (non-hydrogen) atoms. The van der Waals surface area contributed by atoms with Crippen LogP contribution in [0.1, 0.15) is 56.0 Å². The second-order valence-electron chi connectivity index (χ2n) is 9.79. The normalized spacial score (nSPS) is 19.5. The van der Waals surface area contributed by atoms with E-state index in [-0.39, 0.29) is 0 Å². The summed E-state index contributed by atoms with van der Waals surface area (Å²) in [5.41, 5.74) is 10.8. The van der Waals surface area contributed by atoms with Crippen LogP contribution < -0.4 is 15.8 Å². The number of allylic oxidation sites excluding steroid dienone is 8. The number of dihydropyridines is 1. The minimum atomic E-state index is 0.622. The lowest BCUT2D eigenvalue weighted by molar-refractivity contribution is 0.531. The second kappa shape index (κ2) is 9.92. The number of aromatic nitrogens is 1. The molecule has 0 radical (unpaired) electrons. The highest BCUT2D eigenvalue weighted by molar-refractivity contribution is 5.91. The lowest BCUT2D eigenvalue weighted by Gasteiger charge is -2.24. The molecule has 0 saturated carbocycles. The average Bonchev–Trinajstić information content (AvgIpc) is 3.05. The smallest absolute Gasteiger partial charge is 0.0870 e. The molecule has 2 aliphatic carbocycles. The van der Waals surface area contributed by atoms with Gasteiger partial charge >= 0.3 is 0 Å². The lowest BCUT2D eigenvalue weighted by Crippen LogP contribution is -2.25. The van der Waals surface area contributed by atoms with Crippen LogP contribution in [0.2, 0.25) is 0 Å². The molecule has 176 valence electrons. The maximum atomic E-state index is 4.78. The Balaban J connectivity index is 1.55. The molecule has 0 fully saturated rings. The summed E-state index contributed by atoms with van der Waals surface area (Å²) < 4.78 is 0. The predicted molar refractivity (Wildman–Crippen MR) is 149 cm³/mol. The Labute approximate surface area is 209 Å². The fourth-order valence-corrected chi connectivity index (χ4v) is 5.29. The van der Waals surface area contributed by atoms with Crippen molar-refractivity contribution < 1.29 is 0 Å². The van der Waals surface area contributed by atoms with E-state index in [9.17, 15) is 0 Å². The Morgan fingerprint density at radius 2 is 2.00 bits per heavy atom. The van der Waals surface area contributed by atoms with Crippen LogP contribution in [0.5, 0.6) is 0 Å². The molecule has 2 aromatic rings. The first-order valence-electron chi connectivity index (χ1n) is 12.7. The molecule has 1 aromatic carbocycles. The summed E-state index contributed by atoms with van der Waals surface area (Å²) in [4.78, 5) is 4.78. The van der Waals surface area contributed by atoms with Crippen LogP contribution >= 0.6 is 0 Å². The standard InChI is InChI=1S/C33H34N2/c1-5-23(3)25-11-13-26(14-12-25)29-19-22(2)18-27-15-16-28(20-30(27)21-29)31-9-7-17-34-33(31)32-10-6-8-24(4)35-32/h6-8,10,13,15-21,25,34H,2-3,5,9,11-12,14H2,1,4H3. The molecule has 1 unspecified atom stereocenters. The molecule has 1 aliphatic heterocycles. The maximum absolute atomic E-state index is 4.78. The highest BCUT2D eigenvalue weighted by atomic mass is 14.9. The third-order valence-electron chi connectivity index (χ3n) is 7.35. The minimum Gasteiger partial charge on any atom is -0.360 e. The minimum absolute atomic E-state index is 0.622. The summed E-state index contributed by atoms with van der Waals surface area (Å²) in [7, 11) is 0. The molecule has 1 N–H and O–H groups in total. The van der Waals surface area contributed by atoms with Crippen molar-refractivity contribution >= 4 is 23.4 Å². The van der Waals surface area contributed by atoms with Gasteiger partial charge in [-0.05, 0) is 126 Å². The van der Waals surface area contributed by atoms with E-state index in [4.69, 9.17) is 4.98 Å². The molecule has 0 spiro atoms. The Morgan fingerprint density at radius 1 is 1.11 bits per heavy atom. The van der Waals surface area contributed by atoms with E-state index in [0.29, 0.717) is 5.92 Å². The SMILES string of the molecule is C=C1C=C(C2=CCC(C(=C)CC)CC2)C=c2cc(C3=C(c4cccc(C)n4)NC=CC3)ccc2=C1. The molecule has 3 aliphatic rings. The van der Waals surface area contributed by atoms with Crippen LogP contribution in [0.3, 0.4) is 0 Å². The van der Waals surface area contributed by atoms with Crippen molar-refractivity contribution in [2.45, 2.75) is 46.0 Å². The third kappa shape index (κ3) is 4.93. The molecule has 1 aromatic heterocycles. The first-order valence-corrected chi connectivity index (χ1v) is 12.7. The molecule has 2 heteroatoms. The number of hydrogen-bond donors (Lipinski definition) is 1. The van der Waals surface area contributed by atoms with Gasteiger partial charge in [-0.2, -0.15) is 0 Å². The summed E-state index contributed by atoms with van der Waals surface area (Å²) in [6.07, 6.45) is 18.7. The molecule has 2 nitrogen and oxygen atoms in total. The zero-order chi connectivity index (χ0) is 24.4. The fraction of sp³-hybridized carbons (Fsp3) is 0.242. The third-order valence-corrected chi connectivity index (χ3v) is 7.35. The van der Waals surface area contributed by atoms with Gasteiger partial charge in [-0.25, -0.2) is 0 Å². The largest absolute Gasteiger partial charge is 0.360 e. The lowest BCUT2D eigenvalue weighted by atomic mass is 9.81. The molecular weight excluding hydrogens is 424 g/mol. The van der Waals surface area contributed by atoms with Gasteiger partial charge in [0.1, 0.15) is 0 Å². The van der Waals surface area contributed by atoms with Gasteiger partial charge in [0.15, 0.2) is 0 Å². The van der Waals surface area contributed by atoms with E-state index in [1.807, 2.05) is 19.2 Å². The number of rotatable bonds is 5. The van der Waals surface area contributed by atoms with E-state index >= 15 is 0 Å². The highest BCUT2D eigenvalue weighted by Crippen LogP contribution is 2.34. The van der Waals surface area contributed by atoms with Gasteiger partial charge in [-0.3, -0.25) is 4.98 Å². The summed E-state index contributed by atoms with van der Waals surface area (Å²) in [5.74, 6) is 0.622. The van der Waals surface area contributed by atoms with Crippen LogP contribution in [0.4, 0.5) is 0 Å². The zero-order valence-corrected chi connectivity index (χ0v) is 20.9. The van der Waals surface area contributed by atoms with E-state index in [1.165, 1.54) is 44.7 Å². The van der Waals surface area contributed by atoms with Crippen molar-refractivity contribution in [1.29, 1.82) is 0 Å². The van der Waals surface area contributed by atoms with Gasteiger partial charge in [0.05, 0.1) is 11.4 Å². The number of nitrogens with zero attached hydrogens (tertiary/aromatic N) is 1. The number of hydrogen-bond acceptors (Lipinski definition) is 2. The Morgan fingerprint density at radius 3 is 2.77 bits per heavy atom. The monoisotopic (exact) mass is 458 g/mol. The predicted octanol–water partition coefficient (Wildman–Crippen LogP) is 6.52. The first kappa shape index (κ1) is 23.1. The molecule has 2 heterocycles. The second-order valence-corrected chi connectivity index (χ2v) is 9.79. The van der Waals surface area contributed by atoms with Crippen LogP contribution in [0.15, 0.2) is 96.3 Å². The molecule has 5 rings (SSSR count). The van der Waals surface area contributed by atoms with E-state index < -0.39 is 0 Å². The molecule has 1 atom stereocenters. The van der Waals surface area contributed by atoms with Gasteiger partial charge in [-0.15, -0.1) is 0 Å². The van der Waals surface area contributed by atoms with Crippen molar-refractivity contribution in [3.63, 3.8) is 0 Å². The van der Waals surface area contributed by atoms with E-state index in [0.717, 1.165) is 48.3 Å². The van der Waals surface area contributed by atoms with Crippen LogP contribution in [-0.2, 0) is 0 Å². The number of benzene rings is 1. The van der Waals surface area contributed by atoms with Crippen molar-refractivity contribution in [3.05, 3.63) is 124 Å². The van der Waals surface area contributed by atoms with Crippen LogP contribution in [0, 0.1) is 12.8 Å². The van der Waals surface area contributed by atoms with Crippen molar-refractivity contribution in [2.24, 2.45) is 5.92 Å². The summed E-state index contributed by atoms with van der Waals surface area (Å²) >= 11 is 0. The van der Waals surface area contributed by atoms with Gasteiger partial charge in [0.2, 0.25) is 0 Å². The summed E-state index contributed by atoms with van der Waals surface area (Å²) in [6.45, 7) is 12.9. The summed E-state index contributed by atoms with van der Waals surface area (Å²) in [6, 6.07) is 13.0. The van der Waals surface area contributed by atoms with Crippen molar-refractivity contribution in [1.82, 2.24) is 10.3 Å². The van der Waals surface area contributed by atoms with Gasteiger partial charge in [0, 0.05) is 5.69 Å². The topological polar surface area (TPSA) is 24.9 Å². The maximum Gasteiger partial charge on any atom is 0.0870 e. The molecule has 0 bridgehead atoms. The van der Waals surface area contributed by atoms with E-state index in [2.05, 4.69) is 86.1 Å². The quantitative estimate of drug-likeness (QED) is 0.516. The highest BCUT2D eigenvalue weighted by Gasteiger charge is 2.19. The Hall–Kier alpha value is -3.65. The van der Waals surface area contributed by atoms with Crippen molar-refractivity contribution in [3.8, 4) is 0 Å². The number of fused-ring (bicyclic) bond motifs is 1. The van der Waals surface area contributed by atoms with Gasteiger partial charge in [-0.1, -0.05) is 56.0 Å². The van der Waals surface area contributed by atoms with Gasteiger partial charge < -0.3 is 5.32 Å². The number of nitrogens with one attached hydrogen (secondary N) is 1. The molecular formula is C33H34N2. The van der Waals surface area contributed by atoms with Crippen molar-refractivity contribution in [2.75, 3.05) is 0 Å². The summed E-state index contributed by atoms with van der Waals surface area (Å²) in [5, 5.41) is 5.92. The Kier molecular flexibility index (Phi) is 6.55. The average molecular weight is 459 g/mol. The fourth-order valence-electron chi connectivity index (χ4n) is 5.29. The molecule has 0 amide bonds. The van der Waals surface area contributed by atoms with E-state index in [1.54, 1.807) is 0 Å². The van der Waals surface area contributed by atoms with Crippen LogP contribution in [0.25, 0.3) is 23.4 Å². The Bertz CT molecular complexity index is 1440. The first-order chi connectivity index (χ1) is 17.0. The number of aryl methyl sites for hydroxylation is 1. The number of pyridine rings is 1. The molecule has 0 saturated heterocycles.